The Hall–Kier alpha value is -0.330. The summed E-state index contributed by atoms with van der Waals surface area (Å²) in [7, 11) is -4.65. The Balaban J connectivity index is 1.45. The van der Waals surface area contributed by atoms with Gasteiger partial charge in [0, 0.05) is 5.92 Å². The standard InChI is InChI=1S/C27H48O9S/c1-15(4-7-22(30)16(13-28)14-36-37(33,34)35)19-5-6-20-25-21(12-24(32)27(19,20)3)26(2)9-8-18(29)10-17(26)11-23(25)31/h15-25,28-32H,4-14H2,1-3H3,(H,33,34,35)/t15-,16-,17?,18-,19?,20?,21?,22?,23?,24?,25?,26?,27?/m1/s1. The minimum Gasteiger partial charge on any atom is -0.396 e. The lowest BCUT2D eigenvalue weighted by molar-refractivity contribution is -0.207. The van der Waals surface area contributed by atoms with Crippen molar-refractivity contribution in [3.63, 3.8) is 0 Å². The van der Waals surface area contributed by atoms with Gasteiger partial charge in [0.25, 0.3) is 0 Å². The first kappa shape index (κ1) is 29.6. The lowest BCUT2D eigenvalue weighted by atomic mass is 9.43. The topological polar surface area (TPSA) is 165 Å². The summed E-state index contributed by atoms with van der Waals surface area (Å²) in [6, 6.07) is 0. The van der Waals surface area contributed by atoms with Crippen molar-refractivity contribution in [1.29, 1.82) is 0 Å². The summed E-state index contributed by atoms with van der Waals surface area (Å²) >= 11 is 0. The van der Waals surface area contributed by atoms with Gasteiger partial charge in [0.05, 0.1) is 37.6 Å². The maximum Gasteiger partial charge on any atom is 0.397 e. The van der Waals surface area contributed by atoms with Crippen LogP contribution in [0.2, 0.25) is 0 Å². The fourth-order valence-electron chi connectivity index (χ4n) is 9.46. The molecule has 0 bridgehead atoms. The van der Waals surface area contributed by atoms with E-state index in [1.54, 1.807) is 0 Å². The molecule has 4 fully saturated rings. The zero-order chi connectivity index (χ0) is 27.3. The Kier molecular flexibility index (Phi) is 8.75. The van der Waals surface area contributed by atoms with Gasteiger partial charge in [-0.3, -0.25) is 4.55 Å². The third-order valence-corrected chi connectivity index (χ3v) is 12.1. The van der Waals surface area contributed by atoms with E-state index in [0.29, 0.717) is 19.3 Å². The minimum atomic E-state index is -4.65. The molecule has 0 spiro atoms. The molecule has 0 aromatic heterocycles. The molecule has 0 radical (unpaired) electrons. The molecular formula is C27H48O9S. The van der Waals surface area contributed by atoms with E-state index in [1.165, 1.54) is 0 Å². The van der Waals surface area contributed by atoms with Crippen molar-refractivity contribution >= 4 is 10.4 Å². The van der Waals surface area contributed by atoms with E-state index < -0.39 is 47.8 Å². The van der Waals surface area contributed by atoms with Crippen molar-refractivity contribution in [2.24, 2.45) is 52.3 Å². The second-order valence-corrected chi connectivity index (χ2v) is 14.4. The molecule has 0 saturated heterocycles. The molecule has 6 N–H and O–H groups in total. The van der Waals surface area contributed by atoms with Gasteiger partial charge in [-0.15, -0.1) is 0 Å². The smallest absolute Gasteiger partial charge is 0.396 e. The van der Waals surface area contributed by atoms with E-state index in [4.69, 9.17) is 4.55 Å². The van der Waals surface area contributed by atoms with Crippen molar-refractivity contribution in [3.8, 4) is 0 Å². The van der Waals surface area contributed by atoms with Gasteiger partial charge in [-0.1, -0.05) is 20.8 Å². The van der Waals surface area contributed by atoms with Crippen LogP contribution >= 0.6 is 0 Å². The lowest BCUT2D eigenvalue weighted by Gasteiger charge is -2.63. The Bertz CT molecular complexity index is 898. The largest absolute Gasteiger partial charge is 0.397 e. The summed E-state index contributed by atoms with van der Waals surface area (Å²) in [5.41, 5.74) is -0.309. The second-order valence-electron chi connectivity index (χ2n) is 13.3. The normalized spacial score (nSPS) is 46.4. The van der Waals surface area contributed by atoms with Crippen LogP contribution in [0.3, 0.4) is 0 Å². The zero-order valence-electron chi connectivity index (χ0n) is 22.4. The average Bonchev–Trinajstić information content (AvgIpc) is 3.17. The van der Waals surface area contributed by atoms with Crippen molar-refractivity contribution in [3.05, 3.63) is 0 Å². The van der Waals surface area contributed by atoms with Crippen molar-refractivity contribution < 1.29 is 42.7 Å². The highest BCUT2D eigenvalue weighted by atomic mass is 32.3. The molecule has 4 aliphatic carbocycles. The predicted molar refractivity (Wildman–Crippen MR) is 136 cm³/mol. The van der Waals surface area contributed by atoms with Crippen molar-refractivity contribution in [2.75, 3.05) is 13.2 Å². The summed E-state index contributed by atoms with van der Waals surface area (Å²) in [5.74, 6) is 0.439. The van der Waals surface area contributed by atoms with Crippen LogP contribution in [0.4, 0.5) is 0 Å². The highest BCUT2D eigenvalue weighted by molar-refractivity contribution is 7.80. The quantitative estimate of drug-likeness (QED) is 0.237. The number of aliphatic hydroxyl groups excluding tert-OH is 5. The van der Waals surface area contributed by atoms with Crippen LogP contribution in [0, 0.1) is 52.3 Å². The van der Waals surface area contributed by atoms with Crippen LogP contribution in [-0.4, -0.2) is 76.1 Å². The van der Waals surface area contributed by atoms with E-state index >= 15 is 0 Å². The molecule has 0 aromatic rings. The van der Waals surface area contributed by atoms with Crippen LogP contribution in [-0.2, 0) is 14.6 Å². The monoisotopic (exact) mass is 548 g/mol. The first-order chi connectivity index (χ1) is 17.2. The highest BCUT2D eigenvalue weighted by Crippen LogP contribution is 2.68. The minimum absolute atomic E-state index is 0.0304. The number of rotatable bonds is 9. The molecule has 0 heterocycles. The van der Waals surface area contributed by atoms with Crippen molar-refractivity contribution in [1.82, 2.24) is 0 Å². The molecule has 37 heavy (non-hydrogen) atoms. The van der Waals surface area contributed by atoms with Crippen LogP contribution in [0.5, 0.6) is 0 Å². The molecule has 0 aliphatic heterocycles. The first-order valence-corrected chi connectivity index (χ1v) is 15.5. The Morgan fingerprint density at radius 1 is 1.00 bits per heavy atom. The molecule has 10 unspecified atom stereocenters. The highest BCUT2D eigenvalue weighted by Gasteiger charge is 2.65. The van der Waals surface area contributed by atoms with Crippen LogP contribution in [0.25, 0.3) is 0 Å². The SMILES string of the molecule is C[C@H](CCC(O)[C@H](CO)COS(=O)(=O)O)C1CCC2C3C(O)CC4C[C@H](O)CCC4(C)C3CC(O)C21C. The molecule has 4 saturated carbocycles. The van der Waals surface area contributed by atoms with Gasteiger partial charge in [-0.2, -0.15) is 8.42 Å². The number of fused-ring (bicyclic) bond motifs is 5. The van der Waals surface area contributed by atoms with E-state index in [-0.39, 0.29) is 52.4 Å². The molecule has 216 valence electrons. The number of hydrogen-bond acceptors (Lipinski definition) is 8. The average molecular weight is 549 g/mol. The summed E-state index contributed by atoms with van der Waals surface area (Å²) in [6.45, 7) is 5.67. The number of hydrogen-bond donors (Lipinski definition) is 6. The van der Waals surface area contributed by atoms with Crippen LogP contribution < -0.4 is 0 Å². The summed E-state index contributed by atoms with van der Waals surface area (Å²) < 4.78 is 34.9. The molecule has 0 amide bonds. The van der Waals surface area contributed by atoms with E-state index in [9.17, 15) is 34.0 Å². The van der Waals surface area contributed by atoms with Gasteiger partial charge in [0.15, 0.2) is 0 Å². The van der Waals surface area contributed by atoms with Crippen molar-refractivity contribution in [2.45, 2.75) is 103 Å². The maximum atomic E-state index is 11.7. The van der Waals surface area contributed by atoms with Gasteiger partial charge in [-0.05, 0) is 104 Å². The second kappa shape index (κ2) is 10.9. The van der Waals surface area contributed by atoms with Gasteiger partial charge in [0.1, 0.15) is 0 Å². The molecule has 9 nitrogen and oxygen atoms in total. The predicted octanol–water partition coefficient (Wildman–Crippen LogP) is 2.15. The molecular weight excluding hydrogens is 500 g/mol. The van der Waals surface area contributed by atoms with Gasteiger partial charge >= 0.3 is 10.4 Å². The molecule has 10 heteroatoms. The Morgan fingerprint density at radius 3 is 2.35 bits per heavy atom. The third kappa shape index (κ3) is 5.51. The molecule has 4 aliphatic rings. The van der Waals surface area contributed by atoms with E-state index in [1.807, 2.05) is 0 Å². The van der Waals surface area contributed by atoms with Crippen LogP contribution in [0.15, 0.2) is 0 Å². The van der Waals surface area contributed by atoms with Gasteiger partial charge in [0.2, 0.25) is 0 Å². The van der Waals surface area contributed by atoms with Gasteiger partial charge < -0.3 is 25.5 Å². The molecule has 4 rings (SSSR count). The molecule has 0 aromatic carbocycles. The third-order valence-electron chi connectivity index (χ3n) is 11.6. The fraction of sp³-hybridized carbons (Fsp3) is 1.00. The molecule has 13 atom stereocenters. The van der Waals surface area contributed by atoms with Crippen LogP contribution in [0.1, 0.15) is 78.6 Å². The summed E-state index contributed by atoms with van der Waals surface area (Å²) in [5, 5.41) is 53.5. The Morgan fingerprint density at radius 2 is 1.70 bits per heavy atom. The summed E-state index contributed by atoms with van der Waals surface area (Å²) in [6.07, 6.45) is 4.54. The van der Waals surface area contributed by atoms with E-state index in [2.05, 4.69) is 25.0 Å². The lowest BCUT2D eigenvalue weighted by Crippen LogP contribution is -2.62. The Labute approximate surface area is 221 Å². The fourth-order valence-corrected chi connectivity index (χ4v) is 9.81. The van der Waals surface area contributed by atoms with Gasteiger partial charge in [-0.25, -0.2) is 4.18 Å². The first-order valence-electron chi connectivity index (χ1n) is 14.2. The summed E-state index contributed by atoms with van der Waals surface area (Å²) in [4.78, 5) is 0. The van der Waals surface area contributed by atoms with E-state index in [0.717, 1.165) is 38.5 Å². The number of aliphatic hydroxyl groups is 5. The zero-order valence-corrected chi connectivity index (χ0v) is 23.3. The maximum absolute atomic E-state index is 11.7.